The third-order valence-electron chi connectivity index (χ3n) is 3.87. The Hall–Kier alpha value is -0.730. The van der Waals surface area contributed by atoms with E-state index in [2.05, 4.69) is 17.9 Å². The normalized spacial score (nSPS) is 20.2. The van der Waals surface area contributed by atoms with Crippen LogP contribution in [0.3, 0.4) is 0 Å². The van der Waals surface area contributed by atoms with Gasteiger partial charge >= 0.3 is 0 Å². The van der Waals surface area contributed by atoms with Gasteiger partial charge in [-0.2, -0.15) is 0 Å². The molecule has 0 aliphatic carbocycles. The van der Waals surface area contributed by atoms with Crippen LogP contribution in [0.25, 0.3) is 0 Å². The van der Waals surface area contributed by atoms with Gasteiger partial charge in [0.2, 0.25) is 0 Å². The Labute approximate surface area is 115 Å². The van der Waals surface area contributed by atoms with Crippen LogP contribution >= 0.6 is 11.6 Å². The summed E-state index contributed by atoms with van der Waals surface area (Å²) in [5, 5.41) is 0.876. The van der Waals surface area contributed by atoms with Gasteiger partial charge in [-0.3, -0.25) is 0 Å². The highest BCUT2D eigenvalue weighted by atomic mass is 35.5. The molecule has 0 spiro atoms. The Kier molecular flexibility index (Phi) is 4.90. The first kappa shape index (κ1) is 13.7. The molecule has 2 nitrogen and oxygen atoms in total. The van der Waals surface area contributed by atoms with Gasteiger partial charge in [0.25, 0.3) is 0 Å². The Bertz CT molecular complexity index is 392. The lowest BCUT2D eigenvalue weighted by Gasteiger charge is -2.39. The molecule has 0 bridgehead atoms. The molecule has 1 fully saturated rings. The molecule has 0 radical (unpaired) electrons. The number of hydrogen-bond donors (Lipinski definition) is 1. The maximum Gasteiger partial charge on any atom is 0.0642 e. The minimum Gasteiger partial charge on any atom is -0.367 e. The Morgan fingerprint density at radius 1 is 1.39 bits per heavy atom. The Morgan fingerprint density at radius 2 is 2.22 bits per heavy atom. The van der Waals surface area contributed by atoms with Crippen molar-refractivity contribution in [3.8, 4) is 0 Å². The van der Waals surface area contributed by atoms with Crippen molar-refractivity contribution >= 4 is 17.3 Å². The van der Waals surface area contributed by atoms with Crippen LogP contribution < -0.4 is 10.6 Å². The number of piperidine rings is 1. The summed E-state index contributed by atoms with van der Waals surface area (Å²) in [7, 11) is 0. The van der Waals surface area contributed by atoms with Crippen molar-refractivity contribution < 1.29 is 0 Å². The molecule has 1 unspecified atom stereocenters. The van der Waals surface area contributed by atoms with Gasteiger partial charge < -0.3 is 10.6 Å². The second-order valence-electron chi connectivity index (χ2n) is 5.04. The standard InChI is InChI=1S/C15H23ClN2/c1-2-13-7-3-4-11-18(13)15-12(9-10-17)6-5-8-14(15)16/h5-6,8,13H,2-4,7,9-11,17H2,1H3. The number of para-hydroxylation sites is 1. The fourth-order valence-corrected chi connectivity index (χ4v) is 3.26. The zero-order valence-corrected chi connectivity index (χ0v) is 11.9. The molecule has 1 saturated heterocycles. The lowest BCUT2D eigenvalue weighted by molar-refractivity contribution is 0.449. The van der Waals surface area contributed by atoms with Crippen molar-refractivity contribution in [2.24, 2.45) is 5.73 Å². The van der Waals surface area contributed by atoms with E-state index >= 15 is 0 Å². The summed E-state index contributed by atoms with van der Waals surface area (Å²) >= 11 is 6.44. The van der Waals surface area contributed by atoms with Crippen molar-refractivity contribution in [1.29, 1.82) is 0 Å². The van der Waals surface area contributed by atoms with Crippen LogP contribution in [-0.4, -0.2) is 19.1 Å². The Morgan fingerprint density at radius 3 is 2.94 bits per heavy atom. The van der Waals surface area contributed by atoms with Gasteiger partial charge in [-0.1, -0.05) is 30.7 Å². The first-order valence-electron chi connectivity index (χ1n) is 7.02. The van der Waals surface area contributed by atoms with Gasteiger partial charge in [0.15, 0.2) is 0 Å². The maximum atomic E-state index is 6.44. The largest absolute Gasteiger partial charge is 0.367 e. The van der Waals surface area contributed by atoms with Gasteiger partial charge in [-0.15, -0.1) is 0 Å². The smallest absolute Gasteiger partial charge is 0.0642 e. The van der Waals surface area contributed by atoms with Crippen LogP contribution in [-0.2, 0) is 6.42 Å². The molecule has 2 rings (SSSR count). The van der Waals surface area contributed by atoms with Crippen LogP contribution in [0.15, 0.2) is 18.2 Å². The van der Waals surface area contributed by atoms with Crippen LogP contribution in [0, 0.1) is 0 Å². The number of rotatable bonds is 4. The van der Waals surface area contributed by atoms with Crippen molar-refractivity contribution in [2.75, 3.05) is 18.0 Å². The summed E-state index contributed by atoms with van der Waals surface area (Å²) in [6.07, 6.45) is 5.98. The topological polar surface area (TPSA) is 29.3 Å². The average molecular weight is 267 g/mol. The molecule has 3 heteroatoms. The summed E-state index contributed by atoms with van der Waals surface area (Å²) in [5.41, 5.74) is 8.24. The second kappa shape index (κ2) is 6.44. The molecular weight excluding hydrogens is 244 g/mol. The van der Waals surface area contributed by atoms with Crippen molar-refractivity contribution in [1.82, 2.24) is 0 Å². The minimum atomic E-state index is 0.634. The monoisotopic (exact) mass is 266 g/mol. The van der Waals surface area contributed by atoms with Crippen molar-refractivity contribution in [3.63, 3.8) is 0 Å². The molecule has 0 amide bonds. The van der Waals surface area contributed by atoms with Crippen molar-refractivity contribution in [2.45, 2.75) is 45.1 Å². The predicted octanol–water partition coefficient (Wildman–Crippen LogP) is 3.61. The SMILES string of the molecule is CCC1CCCCN1c1c(Cl)cccc1CCN. The van der Waals surface area contributed by atoms with E-state index in [1.807, 2.05) is 12.1 Å². The fourth-order valence-electron chi connectivity index (χ4n) is 2.96. The quantitative estimate of drug-likeness (QED) is 0.902. The van der Waals surface area contributed by atoms with E-state index in [0.717, 1.165) is 18.0 Å². The third-order valence-corrected chi connectivity index (χ3v) is 4.17. The number of halogens is 1. The molecule has 0 saturated carbocycles. The van der Waals surface area contributed by atoms with Gasteiger partial charge in [0.05, 0.1) is 10.7 Å². The maximum absolute atomic E-state index is 6.44. The van der Waals surface area contributed by atoms with Gasteiger partial charge in [0, 0.05) is 12.6 Å². The average Bonchev–Trinajstić information content (AvgIpc) is 2.39. The lowest BCUT2D eigenvalue weighted by atomic mass is 9.97. The highest BCUT2D eigenvalue weighted by Crippen LogP contribution is 2.35. The zero-order valence-electron chi connectivity index (χ0n) is 11.2. The van der Waals surface area contributed by atoms with E-state index in [0.29, 0.717) is 12.6 Å². The van der Waals surface area contributed by atoms with Crippen molar-refractivity contribution in [3.05, 3.63) is 28.8 Å². The van der Waals surface area contributed by atoms with E-state index in [4.69, 9.17) is 17.3 Å². The zero-order chi connectivity index (χ0) is 13.0. The summed E-state index contributed by atoms with van der Waals surface area (Å²) in [6.45, 7) is 4.07. The summed E-state index contributed by atoms with van der Waals surface area (Å²) < 4.78 is 0. The molecule has 1 aromatic rings. The summed E-state index contributed by atoms with van der Waals surface area (Å²) in [5.74, 6) is 0. The highest BCUT2D eigenvalue weighted by molar-refractivity contribution is 6.33. The van der Waals surface area contributed by atoms with Crippen LogP contribution in [0.2, 0.25) is 5.02 Å². The molecule has 1 heterocycles. The molecule has 1 aliphatic rings. The number of anilines is 1. The van der Waals surface area contributed by atoms with E-state index in [-0.39, 0.29) is 0 Å². The van der Waals surface area contributed by atoms with Crippen LogP contribution in [0.5, 0.6) is 0 Å². The molecule has 100 valence electrons. The lowest BCUT2D eigenvalue weighted by Crippen LogP contribution is -2.40. The summed E-state index contributed by atoms with van der Waals surface area (Å²) in [4.78, 5) is 2.51. The predicted molar refractivity (Wildman–Crippen MR) is 79.5 cm³/mol. The molecular formula is C15H23ClN2. The van der Waals surface area contributed by atoms with E-state index in [9.17, 15) is 0 Å². The van der Waals surface area contributed by atoms with Gasteiger partial charge in [0.1, 0.15) is 0 Å². The first-order chi connectivity index (χ1) is 8.77. The van der Waals surface area contributed by atoms with E-state index in [1.54, 1.807) is 0 Å². The van der Waals surface area contributed by atoms with E-state index < -0.39 is 0 Å². The highest BCUT2D eigenvalue weighted by Gasteiger charge is 2.24. The van der Waals surface area contributed by atoms with Gasteiger partial charge in [-0.25, -0.2) is 0 Å². The molecule has 2 N–H and O–H groups in total. The Balaban J connectivity index is 2.35. The first-order valence-corrected chi connectivity index (χ1v) is 7.39. The van der Waals surface area contributed by atoms with E-state index in [1.165, 1.54) is 36.9 Å². The number of hydrogen-bond acceptors (Lipinski definition) is 2. The minimum absolute atomic E-state index is 0.634. The third kappa shape index (κ3) is 2.81. The molecule has 1 aromatic carbocycles. The molecule has 18 heavy (non-hydrogen) atoms. The van der Waals surface area contributed by atoms with Crippen LogP contribution in [0.1, 0.15) is 38.2 Å². The summed E-state index contributed by atoms with van der Waals surface area (Å²) in [6, 6.07) is 6.82. The molecule has 0 aromatic heterocycles. The number of benzene rings is 1. The molecule has 1 aliphatic heterocycles. The fraction of sp³-hybridized carbons (Fsp3) is 0.600. The number of nitrogens with zero attached hydrogens (tertiary/aromatic N) is 1. The number of nitrogens with two attached hydrogens (primary N) is 1. The second-order valence-corrected chi connectivity index (χ2v) is 5.44. The van der Waals surface area contributed by atoms with Crippen LogP contribution in [0.4, 0.5) is 5.69 Å². The molecule has 1 atom stereocenters. The van der Waals surface area contributed by atoms with Gasteiger partial charge in [-0.05, 0) is 50.3 Å².